The van der Waals surface area contributed by atoms with E-state index in [1.807, 2.05) is 0 Å². The summed E-state index contributed by atoms with van der Waals surface area (Å²) in [5.74, 6) is -0.142. The minimum atomic E-state index is -0.359. The van der Waals surface area contributed by atoms with Crippen LogP contribution in [0.2, 0.25) is 5.15 Å². The van der Waals surface area contributed by atoms with Crippen LogP contribution in [0.3, 0.4) is 0 Å². The minimum absolute atomic E-state index is 0.0932. The van der Waals surface area contributed by atoms with E-state index in [0.29, 0.717) is 22.2 Å². The summed E-state index contributed by atoms with van der Waals surface area (Å²) in [5, 5.41) is 12.6. The molecule has 0 unspecified atom stereocenters. The fraction of sp³-hybridized carbons (Fsp3) is 0.0769. The summed E-state index contributed by atoms with van der Waals surface area (Å²) < 4.78 is 4.90. The topological polar surface area (TPSA) is 71.5 Å². The summed E-state index contributed by atoms with van der Waals surface area (Å²) >= 11 is 5.65. The Bertz CT molecular complexity index is 599. The first-order chi connectivity index (χ1) is 9.10. The van der Waals surface area contributed by atoms with Crippen LogP contribution in [-0.4, -0.2) is 23.1 Å². The Kier molecular flexibility index (Phi) is 3.87. The molecule has 1 aromatic heterocycles. The molecule has 19 heavy (non-hydrogen) atoms. The zero-order chi connectivity index (χ0) is 13.8. The molecule has 0 saturated carbocycles. The Morgan fingerprint density at radius 2 is 2.16 bits per heavy atom. The fourth-order valence-corrected chi connectivity index (χ4v) is 1.60. The second-order valence-corrected chi connectivity index (χ2v) is 4.10. The lowest BCUT2D eigenvalue weighted by Gasteiger charge is -2.07. The van der Waals surface area contributed by atoms with Crippen molar-refractivity contribution in [1.82, 2.24) is 4.98 Å². The van der Waals surface area contributed by atoms with E-state index in [2.05, 4.69) is 10.3 Å². The van der Waals surface area contributed by atoms with Crippen LogP contribution in [0.4, 0.5) is 5.69 Å². The number of hydrogen-bond donors (Lipinski definition) is 2. The van der Waals surface area contributed by atoms with Crippen molar-refractivity contribution in [1.29, 1.82) is 0 Å². The van der Waals surface area contributed by atoms with Gasteiger partial charge < -0.3 is 15.2 Å². The molecule has 2 rings (SSSR count). The molecule has 0 fully saturated rings. The van der Waals surface area contributed by atoms with E-state index in [-0.39, 0.29) is 11.7 Å². The number of ether oxygens (including phenoxy) is 1. The normalized spacial score (nSPS) is 10.0. The summed E-state index contributed by atoms with van der Waals surface area (Å²) in [6.07, 6.45) is 1.45. The fourth-order valence-electron chi connectivity index (χ4n) is 1.48. The van der Waals surface area contributed by atoms with E-state index >= 15 is 0 Å². The highest BCUT2D eigenvalue weighted by Gasteiger charge is 2.10. The average molecular weight is 279 g/mol. The van der Waals surface area contributed by atoms with Crippen molar-refractivity contribution < 1.29 is 14.6 Å². The van der Waals surface area contributed by atoms with Crippen LogP contribution < -0.4 is 10.1 Å². The number of pyridine rings is 1. The van der Waals surface area contributed by atoms with Crippen LogP contribution in [-0.2, 0) is 0 Å². The van der Waals surface area contributed by atoms with Crippen LogP contribution >= 0.6 is 11.6 Å². The number of aromatic hydroxyl groups is 1. The molecule has 1 aromatic carbocycles. The average Bonchev–Trinajstić information content (AvgIpc) is 2.41. The Morgan fingerprint density at radius 1 is 1.37 bits per heavy atom. The molecule has 6 heteroatoms. The van der Waals surface area contributed by atoms with E-state index in [0.717, 1.165) is 0 Å². The van der Waals surface area contributed by atoms with Gasteiger partial charge in [0.2, 0.25) is 0 Å². The van der Waals surface area contributed by atoms with Crippen molar-refractivity contribution in [2.45, 2.75) is 0 Å². The number of carbonyl (C=O) groups is 1. The zero-order valence-corrected chi connectivity index (χ0v) is 10.8. The highest BCUT2D eigenvalue weighted by molar-refractivity contribution is 6.29. The van der Waals surface area contributed by atoms with Crippen LogP contribution in [0, 0.1) is 0 Å². The molecule has 0 saturated heterocycles. The Balaban J connectivity index is 2.16. The maximum absolute atomic E-state index is 11.9. The molecule has 1 heterocycles. The zero-order valence-electron chi connectivity index (χ0n) is 10.1. The van der Waals surface area contributed by atoms with Crippen LogP contribution in [0.15, 0.2) is 36.5 Å². The Morgan fingerprint density at radius 3 is 2.74 bits per heavy atom. The SMILES string of the molecule is COc1ccc(C(=O)Nc2ccc(Cl)nc2)cc1O. The summed E-state index contributed by atoms with van der Waals surface area (Å²) in [6, 6.07) is 7.61. The number of nitrogens with one attached hydrogen (secondary N) is 1. The van der Waals surface area contributed by atoms with Crippen LogP contribution in [0.25, 0.3) is 0 Å². The van der Waals surface area contributed by atoms with Crippen molar-refractivity contribution in [2.24, 2.45) is 0 Å². The first kappa shape index (κ1) is 13.2. The van der Waals surface area contributed by atoms with Crippen molar-refractivity contribution >= 4 is 23.2 Å². The molecule has 2 aromatic rings. The van der Waals surface area contributed by atoms with Crippen molar-refractivity contribution in [2.75, 3.05) is 12.4 Å². The molecular formula is C13H11ClN2O3. The number of anilines is 1. The van der Waals surface area contributed by atoms with Gasteiger partial charge in [-0.05, 0) is 30.3 Å². The molecule has 5 nitrogen and oxygen atoms in total. The number of benzene rings is 1. The standard InChI is InChI=1S/C13H11ClN2O3/c1-19-11-4-2-8(6-10(11)17)13(18)16-9-3-5-12(14)15-7-9/h2-7,17H,1H3,(H,16,18). The maximum Gasteiger partial charge on any atom is 0.255 e. The van der Waals surface area contributed by atoms with Gasteiger partial charge >= 0.3 is 0 Å². The molecular weight excluding hydrogens is 268 g/mol. The van der Waals surface area contributed by atoms with Crippen molar-refractivity contribution in [3.63, 3.8) is 0 Å². The number of aromatic nitrogens is 1. The molecule has 0 aliphatic heterocycles. The third-order valence-corrected chi connectivity index (χ3v) is 2.65. The van der Waals surface area contributed by atoms with Crippen LogP contribution in [0.1, 0.15) is 10.4 Å². The predicted molar refractivity (Wildman–Crippen MR) is 71.9 cm³/mol. The highest BCUT2D eigenvalue weighted by Crippen LogP contribution is 2.26. The summed E-state index contributed by atoms with van der Waals surface area (Å²) in [5.41, 5.74) is 0.831. The molecule has 0 aliphatic carbocycles. The molecule has 98 valence electrons. The summed E-state index contributed by atoms with van der Waals surface area (Å²) in [4.78, 5) is 15.8. The first-order valence-electron chi connectivity index (χ1n) is 5.40. The van der Waals surface area contributed by atoms with E-state index in [9.17, 15) is 9.90 Å². The number of hydrogen-bond acceptors (Lipinski definition) is 4. The van der Waals surface area contributed by atoms with E-state index in [4.69, 9.17) is 16.3 Å². The van der Waals surface area contributed by atoms with Gasteiger partial charge in [0.05, 0.1) is 19.0 Å². The lowest BCUT2D eigenvalue weighted by molar-refractivity contribution is 0.102. The van der Waals surface area contributed by atoms with E-state index in [1.165, 1.54) is 25.4 Å². The first-order valence-corrected chi connectivity index (χ1v) is 5.78. The maximum atomic E-state index is 11.9. The number of phenols is 1. The summed E-state index contributed by atoms with van der Waals surface area (Å²) in [7, 11) is 1.44. The molecule has 0 spiro atoms. The summed E-state index contributed by atoms with van der Waals surface area (Å²) in [6.45, 7) is 0. The number of carbonyl (C=O) groups excluding carboxylic acids is 1. The van der Waals surface area contributed by atoms with Gasteiger partial charge in [-0.1, -0.05) is 11.6 Å². The third-order valence-electron chi connectivity index (χ3n) is 2.43. The molecule has 0 bridgehead atoms. The van der Waals surface area contributed by atoms with Gasteiger partial charge in [0.1, 0.15) is 5.15 Å². The smallest absolute Gasteiger partial charge is 0.255 e. The lowest BCUT2D eigenvalue weighted by Crippen LogP contribution is -2.11. The largest absolute Gasteiger partial charge is 0.504 e. The van der Waals surface area contributed by atoms with Gasteiger partial charge in [-0.3, -0.25) is 4.79 Å². The number of nitrogens with zero attached hydrogens (tertiary/aromatic N) is 1. The van der Waals surface area contributed by atoms with Gasteiger partial charge in [0, 0.05) is 5.56 Å². The van der Waals surface area contributed by atoms with Gasteiger partial charge in [-0.2, -0.15) is 0 Å². The third kappa shape index (κ3) is 3.14. The monoisotopic (exact) mass is 278 g/mol. The number of phenolic OH excluding ortho intramolecular Hbond substituents is 1. The molecule has 0 aliphatic rings. The quantitative estimate of drug-likeness (QED) is 0.847. The molecule has 0 radical (unpaired) electrons. The number of halogens is 1. The van der Waals surface area contributed by atoms with Gasteiger partial charge in [-0.15, -0.1) is 0 Å². The molecule has 1 amide bonds. The lowest BCUT2D eigenvalue weighted by atomic mass is 10.2. The number of methoxy groups -OCH3 is 1. The van der Waals surface area contributed by atoms with E-state index < -0.39 is 0 Å². The van der Waals surface area contributed by atoms with Gasteiger partial charge in [0.25, 0.3) is 5.91 Å². The highest BCUT2D eigenvalue weighted by atomic mass is 35.5. The van der Waals surface area contributed by atoms with Crippen LogP contribution in [0.5, 0.6) is 11.5 Å². The minimum Gasteiger partial charge on any atom is -0.504 e. The molecule has 0 atom stereocenters. The Hall–Kier alpha value is -2.27. The second kappa shape index (κ2) is 5.58. The number of rotatable bonds is 3. The Labute approximate surface area is 114 Å². The molecule has 2 N–H and O–H groups in total. The van der Waals surface area contributed by atoms with Gasteiger partial charge in [0.15, 0.2) is 11.5 Å². The second-order valence-electron chi connectivity index (χ2n) is 3.71. The predicted octanol–water partition coefficient (Wildman–Crippen LogP) is 2.70. The number of amides is 1. The van der Waals surface area contributed by atoms with Gasteiger partial charge in [-0.25, -0.2) is 4.98 Å². The van der Waals surface area contributed by atoms with Crippen molar-refractivity contribution in [3.8, 4) is 11.5 Å². The van der Waals surface area contributed by atoms with E-state index in [1.54, 1.807) is 18.2 Å². The van der Waals surface area contributed by atoms with Crippen molar-refractivity contribution in [3.05, 3.63) is 47.2 Å².